The summed E-state index contributed by atoms with van der Waals surface area (Å²) in [7, 11) is 1.34. The van der Waals surface area contributed by atoms with Gasteiger partial charge in [-0.25, -0.2) is 4.39 Å². The fourth-order valence-electron chi connectivity index (χ4n) is 2.04. The number of halogens is 2. The Labute approximate surface area is 127 Å². The van der Waals surface area contributed by atoms with Crippen molar-refractivity contribution in [1.82, 2.24) is 4.90 Å². The van der Waals surface area contributed by atoms with Crippen LogP contribution >= 0.6 is 15.9 Å². The maximum atomic E-state index is 13.6. The average molecular weight is 360 g/mol. The molecule has 1 N–H and O–H groups in total. The number of likely N-dealkylation sites (N-methyl/N-ethyl adjacent to an activating group) is 1. The Hall–Kier alpha value is -2.03. The van der Waals surface area contributed by atoms with Crippen LogP contribution < -0.4 is 5.32 Å². The predicted octanol–water partition coefficient (Wildman–Crippen LogP) is 2.06. The van der Waals surface area contributed by atoms with Crippen molar-refractivity contribution in [3.63, 3.8) is 0 Å². The van der Waals surface area contributed by atoms with Gasteiger partial charge < -0.3 is 5.32 Å². The Morgan fingerprint density at radius 3 is 2.76 bits per heavy atom. The molecule has 1 atom stereocenters. The normalized spacial score (nSPS) is 18.8. The van der Waals surface area contributed by atoms with E-state index >= 15 is 0 Å². The number of carbonyl (C=O) groups excluding carboxylic acids is 2. The number of hydrogen-bond acceptors (Lipinski definition) is 5. The van der Waals surface area contributed by atoms with Gasteiger partial charge in [0.2, 0.25) is 5.91 Å². The summed E-state index contributed by atoms with van der Waals surface area (Å²) in [5, 5.41) is 13.7. The molecule has 0 bridgehead atoms. The van der Waals surface area contributed by atoms with Crippen molar-refractivity contribution in [1.29, 1.82) is 0 Å². The van der Waals surface area contributed by atoms with E-state index < -0.39 is 22.7 Å². The standard InChI is InChI=1S/C12H11BrFN3O4/c1-16-11(18)3-2-8(12(16)19)15-9-5-7(14)6(13)4-10(9)17(20)21/h4-5,8,15H,2-3H2,1H3. The highest BCUT2D eigenvalue weighted by Crippen LogP contribution is 2.32. The highest BCUT2D eigenvalue weighted by Gasteiger charge is 2.33. The molecule has 7 nitrogen and oxygen atoms in total. The van der Waals surface area contributed by atoms with Crippen molar-refractivity contribution in [3.8, 4) is 0 Å². The van der Waals surface area contributed by atoms with Crippen molar-refractivity contribution in [2.24, 2.45) is 0 Å². The maximum absolute atomic E-state index is 13.6. The molecule has 1 unspecified atom stereocenters. The van der Waals surface area contributed by atoms with E-state index in [2.05, 4.69) is 21.2 Å². The average Bonchev–Trinajstić information content (AvgIpc) is 2.43. The van der Waals surface area contributed by atoms with Gasteiger partial charge in [0.15, 0.2) is 0 Å². The Morgan fingerprint density at radius 1 is 1.48 bits per heavy atom. The number of piperidine rings is 1. The summed E-state index contributed by atoms with van der Waals surface area (Å²) in [6.07, 6.45) is 0.351. The van der Waals surface area contributed by atoms with Crippen LogP contribution in [-0.4, -0.2) is 34.7 Å². The second-order valence-corrected chi connectivity index (χ2v) is 5.42. The smallest absolute Gasteiger partial charge is 0.293 e. The van der Waals surface area contributed by atoms with E-state index in [-0.39, 0.29) is 34.6 Å². The molecule has 0 aliphatic carbocycles. The molecule has 1 fully saturated rings. The van der Waals surface area contributed by atoms with E-state index in [1.165, 1.54) is 7.05 Å². The largest absolute Gasteiger partial charge is 0.368 e. The van der Waals surface area contributed by atoms with Crippen molar-refractivity contribution >= 4 is 39.1 Å². The molecule has 1 heterocycles. The third kappa shape index (κ3) is 3.02. The first-order valence-electron chi connectivity index (χ1n) is 6.01. The number of nitrogens with zero attached hydrogens (tertiary/aromatic N) is 2. The van der Waals surface area contributed by atoms with Gasteiger partial charge in [0.1, 0.15) is 17.5 Å². The van der Waals surface area contributed by atoms with Crippen LogP contribution in [-0.2, 0) is 9.59 Å². The van der Waals surface area contributed by atoms with Crippen LogP contribution in [0.25, 0.3) is 0 Å². The SMILES string of the molecule is CN1C(=O)CCC(Nc2cc(F)c(Br)cc2[N+](=O)[O-])C1=O. The van der Waals surface area contributed by atoms with Gasteiger partial charge >= 0.3 is 0 Å². The molecular weight excluding hydrogens is 349 g/mol. The molecule has 2 rings (SSSR count). The van der Waals surface area contributed by atoms with Crippen LogP contribution in [0.1, 0.15) is 12.8 Å². The summed E-state index contributed by atoms with van der Waals surface area (Å²) < 4.78 is 13.5. The second kappa shape index (κ2) is 5.76. The zero-order valence-corrected chi connectivity index (χ0v) is 12.5. The van der Waals surface area contributed by atoms with Gasteiger partial charge in [-0.1, -0.05) is 0 Å². The summed E-state index contributed by atoms with van der Waals surface area (Å²) in [6, 6.07) is 1.18. The Kier molecular flexibility index (Phi) is 4.21. The fraction of sp³-hybridized carbons (Fsp3) is 0.333. The van der Waals surface area contributed by atoms with Crippen molar-refractivity contribution < 1.29 is 18.9 Å². The highest BCUT2D eigenvalue weighted by molar-refractivity contribution is 9.10. The molecular formula is C12H11BrFN3O4. The lowest BCUT2D eigenvalue weighted by molar-refractivity contribution is -0.384. The summed E-state index contributed by atoms with van der Waals surface area (Å²) in [4.78, 5) is 34.6. The van der Waals surface area contributed by atoms with Crippen molar-refractivity contribution in [2.75, 3.05) is 12.4 Å². The van der Waals surface area contributed by atoms with E-state index in [4.69, 9.17) is 0 Å². The fourth-order valence-corrected chi connectivity index (χ4v) is 2.37. The number of hydrogen-bond donors (Lipinski definition) is 1. The van der Waals surface area contributed by atoms with E-state index in [9.17, 15) is 24.1 Å². The summed E-state index contributed by atoms with van der Waals surface area (Å²) in [5.74, 6) is -1.49. The summed E-state index contributed by atoms with van der Waals surface area (Å²) in [6.45, 7) is 0. The first-order chi connectivity index (χ1) is 9.81. The molecule has 1 aromatic carbocycles. The maximum Gasteiger partial charge on any atom is 0.293 e. The minimum atomic E-state index is -0.799. The van der Waals surface area contributed by atoms with E-state index in [1.807, 2.05) is 0 Å². The van der Waals surface area contributed by atoms with Crippen LogP contribution in [0.3, 0.4) is 0 Å². The Balaban J connectivity index is 2.31. The quantitative estimate of drug-likeness (QED) is 0.506. The van der Waals surface area contributed by atoms with Gasteiger partial charge in [0.25, 0.3) is 11.6 Å². The summed E-state index contributed by atoms with van der Waals surface area (Å²) in [5.41, 5.74) is -0.447. The lowest BCUT2D eigenvalue weighted by atomic mass is 10.0. The van der Waals surface area contributed by atoms with E-state index in [0.29, 0.717) is 0 Å². The van der Waals surface area contributed by atoms with Gasteiger partial charge in [-0.05, 0) is 22.4 Å². The van der Waals surface area contributed by atoms with Gasteiger partial charge in [-0.3, -0.25) is 24.6 Å². The lowest BCUT2D eigenvalue weighted by Gasteiger charge is -2.28. The minimum absolute atomic E-state index is 0.0398. The molecule has 1 aliphatic rings. The van der Waals surface area contributed by atoms with Crippen LogP contribution in [0, 0.1) is 15.9 Å². The molecule has 9 heteroatoms. The molecule has 0 spiro atoms. The predicted molar refractivity (Wildman–Crippen MR) is 75.2 cm³/mol. The van der Waals surface area contributed by atoms with Crippen molar-refractivity contribution in [2.45, 2.75) is 18.9 Å². The number of nitrogens with one attached hydrogen (secondary N) is 1. The molecule has 112 valence electrons. The number of likely N-dealkylation sites (tertiary alicyclic amines) is 1. The molecule has 0 radical (unpaired) electrons. The Morgan fingerprint density at radius 2 is 2.14 bits per heavy atom. The molecule has 1 aliphatic heterocycles. The highest BCUT2D eigenvalue weighted by atomic mass is 79.9. The Bertz CT molecular complexity index is 637. The molecule has 1 saturated heterocycles. The topological polar surface area (TPSA) is 92.6 Å². The van der Waals surface area contributed by atoms with Gasteiger partial charge in [0.05, 0.1) is 9.40 Å². The van der Waals surface area contributed by atoms with Crippen LogP contribution in [0.2, 0.25) is 0 Å². The number of nitro benzene ring substituents is 1. The first-order valence-corrected chi connectivity index (χ1v) is 6.81. The van der Waals surface area contributed by atoms with Crippen LogP contribution in [0.15, 0.2) is 16.6 Å². The summed E-state index contributed by atoms with van der Waals surface area (Å²) >= 11 is 2.88. The van der Waals surface area contributed by atoms with Crippen LogP contribution in [0.5, 0.6) is 0 Å². The zero-order chi connectivity index (χ0) is 15.7. The molecule has 0 saturated carbocycles. The third-order valence-corrected chi connectivity index (χ3v) is 3.82. The molecule has 0 aromatic heterocycles. The monoisotopic (exact) mass is 359 g/mol. The number of imide groups is 1. The number of anilines is 1. The van der Waals surface area contributed by atoms with Gasteiger partial charge in [0, 0.05) is 25.6 Å². The van der Waals surface area contributed by atoms with Gasteiger partial charge in [-0.15, -0.1) is 0 Å². The number of nitro groups is 1. The first kappa shape index (κ1) is 15.4. The second-order valence-electron chi connectivity index (χ2n) is 4.57. The molecule has 21 heavy (non-hydrogen) atoms. The van der Waals surface area contributed by atoms with E-state index in [1.54, 1.807) is 0 Å². The number of carbonyl (C=O) groups is 2. The molecule has 2 amide bonds. The number of benzene rings is 1. The van der Waals surface area contributed by atoms with Crippen LogP contribution in [0.4, 0.5) is 15.8 Å². The number of rotatable bonds is 3. The lowest BCUT2D eigenvalue weighted by Crippen LogP contribution is -2.48. The van der Waals surface area contributed by atoms with E-state index in [0.717, 1.165) is 17.0 Å². The zero-order valence-electron chi connectivity index (χ0n) is 10.9. The number of amides is 2. The third-order valence-electron chi connectivity index (χ3n) is 3.21. The molecule has 1 aromatic rings. The minimum Gasteiger partial charge on any atom is -0.368 e. The van der Waals surface area contributed by atoms with Gasteiger partial charge in [-0.2, -0.15) is 0 Å². The van der Waals surface area contributed by atoms with Crippen molar-refractivity contribution in [3.05, 3.63) is 32.5 Å².